The number of carbonyl (C=O) groups is 2. The van der Waals surface area contributed by atoms with Crippen LogP contribution < -0.4 is 4.74 Å². The summed E-state index contributed by atoms with van der Waals surface area (Å²) in [5.41, 5.74) is 0.998. The number of carboxylic acids is 1. The Morgan fingerprint density at radius 2 is 1.95 bits per heavy atom. The molecule has 0 saturated carbocycles. The van der Waals surface area contributed by atoms with Gasteiger partial charge in [-0.3, -0.25) is 9.59 Å². The summed E-state index contributed by atoms with van der Waals surface area (Å²) in [5.74, 6) is -0.422. The van der Waals surface area contributed by atoms with E-state index in [2.05, 4.69) is 0 Å². The summed E-state index contributed by atoms with van der Waals surface area (Å²) < 4.78 is 5.88. The molecule has 0 spiro atoms. The van der Waals surface area contributed by atoms with Crippen molar-refractivity contribution in [1.29, 1.82) is 0 Å². The highest BCUT2D eigenvalue weighted by atomic mass is 16.5. The molecule has 0 unspecified atom stereocenters. The summed E-state index contributed by atoms with van der Waals surface area (Å²) in [4.78, 5) is 25.3. The van der Waals surface area contributed by atoms with Crippen molar-refractivity contribution in [3.63, 3.8) is 0 Å². The van der Waals surface area contributed by atoms with Gasteiger partial charge in [0.2, 0.25) is 0 Å². The topological polar surface area (TPSA) is 66.8 Å². The van der Waals surface area contributed by atoms with Gasteiger partial charge in [0.05, 0.1) is 5.92 Å². The van der Waals surface area contributed by atoms with Crippen LogP contribution in [0.3, 0.4) is 0 Å². The van der Waals surface area contributed by atoms with Crippen LogP contribution in [0.1, 0.15) is 31.7 Å². The van der Waals surface area contributed by atoms with Gasteiger partial charge in [-0.25, -0.2) is 0 Å². The van der Waals surface area contributed by atoms with E-state index in [0.717, 1.165) is 11.3 Å². The molecule has 1 aromatic rings. The molecule has 120 valence electrons. The first kappa shape index (κ1) is 16.3. The zero-order valence-corrected chi connectivity index (χ0v) is 13.1. The van der Waals surface area contributed by atoms with Gasteiger partial charge in [0.25, 0.3) is 5.91 Å². The van der Waals surface area contributed by atoms with Crippen molar-refractivity contribution in [2.75, 3.05) is 13.1 Å². The van der Waals surface area contributed by atoms with E-state index in [-0.39, 0.29) is 11.8 Å². The van der Waals surface area contributed by atoms with Crippen LogP contribution in [0.25, 0.3) is 0 Å². The number of piperidine rings is 1. The van der Waals surface area contributed by atoms with Crippen LogP contribution >= 0.6 is 0 Å². The zero-order valence-electron chi connectivity index (χ0n) is 13.1. The van der Waals surface area contributed by atoms with Crippen molar-refractivity contribution in [1.82, 2.24) is 4.90 Å². The summed E-state index contributed by atoms with van der Waals surface area (Å²) in [7, 11) is 0. The van der Waals surface area contributed by atoms with E-state index in [9.17, 15) is 9.59 Å². The number of hydrogen-bond donors (Lipinski definition) is 1. The highest BCUT2D eigenvalue weighted by Gasteiger charge is 2.31. The molecule has 22 heavy (non-hydrogen) atoms. The van der Waals surface area contributed by atoms with Gasteiger partial charge in [0.1, 0.15) is 5.75 Å². The predicted molar refractivity (Wildman–Crippen MR) is 82.8 cm³/mol. The second kappa shape index (κ2) is 7.29. The Bertz CT molecular complexity index is 535. The van der Waals surface area contributed by atoms with Crippen LogP contribution in [-0.2, 0) is 9.59 Å². The molecular weight excluding hydrogens is 282 g/mol. The van der Waals surface area contributed by atoms with E-state index in [1.165, 1.54) is 0 Å². The van der Waals surface area contributed by atoms with E-state index in [0.29, 0.717) is 32.4 Å². The number of carboxylic acid groups (broad SMARTS) is 1. The number of ether oxygens (including phenoxy) is 1. The highest BCUT2D eigenvalue weighted by molar-refractivity contribution is 5.81. The number of hydrogen-bond acceptors (Lipinski definition) is 3. The Kier molecular flexibility index (Phi) is 5.41. The van der Waals surface area contributed by atoms with Crippen molar-refractivity contribution in [3.8, 4) is 5.75 Å². The number of benzene rings is 1. The van der Waals surface area contributed by atoms with Gasteiger partial charge in [0, 0.05) is 13.1 Å². The summed E-state index contributed by atoms with van der Waals surface area (Å²) in [6.45, 7) is 4.85. The van der Waals surface area contributed by atoms with Crippen LogP contribution in [0.5, 0.6) is 5.75 Å². The third-order valence-electron chi connectivity index (χ3n) is 4.16. The molecule has 1 atom stereocenters. The maximum Gasteiger partial charge on any atom is 0.306 e. The average Bonchev–Trinajstić information content (AvgIpc) is 2.53. The Hall–Kier alpha value is -2.04. The first-order chi connectivity index (χ1) is 10.5. The van der Waals surface area contributed by atoms with Crippen molar-refractivity contribution in [2.24, 2.45) is 5.92 Å². The lowest BCUT2D eigenvalue weighted by molar-refractivity contribution is -0.147. The number of aryl methyl sites for hydroxylation is 1. The van der Waals surface area contributed by atoms with Gasteiger partial charge >= 0.3 is 5.97 Å². The molecule has 1 aliphatic rings. The summed E-state index contributed by atoms with van der Waals surface area (Å²) in [6.07, 6.45) is 1.11. The molecule has 1 aromatic carbocycles. The Labute approximate surface area is 130 Å². The Morgan fingerprint density at radius 3 is 2.50 bits per heavy atom. The van der Waals surface area contributed by atoms with E-state index < -0.39 is 12.1 Å². The van der Waals surface area contributed by atoms with E-state index in [1.54, 1.807) is 4.90 Å². The maximum absolute atomic E-state index is 12.6. The van der Waals surface area contributed by atoms with E-state index in [1.807, 2.05) is 38.1 Å². The molecule has 0 radical (unpaired) electrons. The quantitative estimate of drug-likeness (QED) is 0.907. The van der Waals surface area contributed by atoms with Crippen molar-refractivity contribution in [2.45, 2.75) is 39.2 Å². The zero-order chi connectivity index (χ0) is 16.1. The third-order valence-corrected chi connectivity index (χ3v) is 4.16. The fourth-order valence-corrected chi connectivity index (χ4v) is 2.70. The number of amides is 1. The van der Waals surface area contributed by atoms with Gasteiger partial charge in [-0.1, -0.05) is 25.1 Å². The standard InChI is InChI=1S/C17H23NO4/c1-3-14(22-15-7-5-4-6-12(15)2)16(19)18-10-8-13(9-11-18)17(20)21/h4-7,13-14H,3,8-11H2,1-2H3,(H,20,21)/t14-/m0/s1. The molecule has 1 saturated heterocycles. The SMILES string of the molecule is CC[C@H](Oc1ccccc1C)C(=O)N1CCC(C(=O)O)CC1. The summed E-state index contributed by atoms with van der Waals surface area (Å²) in [5, 5.41) is 9.02. The number of nitrogens with zero attached hydrogens (tertiary/aromatic N) is 1. The Balaban J connectivity index is 1.98. The average molecular weight is 305 g/mol. The predicted octanol–water partition coefficient (Wildman–Crippen LogP) is 2.48. The molecule has 0 bridgehead atoms. The smallest absolute Gasteiger partial charge is 0.306 e. The molecule has 0 aromatic heterocycles. The fraction of sp³-hybridized carbons (Fsp3) is 0.529. The lowest BCUT2D eigenvalue weighted by Gasteiger charge is -2.32. The first-order valence-corrected chi connectivity index (χ1v) is 7.76. The molecule has 5 nitrogen and oxygen atoms in total. The largest absolute Gasteiger partial charge is 0.481 e. The molecule has 1 heterocycles. The van der Waals surface area contributed by atoms with Crippen molar-refractivity contribution >= 4 is 11.9 Å². The van der Waals surface area contributed by atoms with Gasteiger partial charge in [-0.15, -0.1) is 0 Å². The second-order valence-corrected chi connectivity index (χ2v) is 5.72. The lowest BCUT2D eigenvalue weighted by atomic mass is 9.96. The van der Waals surface area contributed by atoms with Gasteiger partial charge in [0.15, 0.2) is 6.10 Å². The van der Waals surface area contributed by atoms with E-state index >= 15 is 0 Å². The number of aliphatic carboxylic acids is 1. The van der Waals surface area contributed by atoms with Crippen LogP contribution in [0.2, 0.25) is 0 Å². The second-order valence-electron chi connectivity index (χ2n) is 5.72. The molecule has 5 heteroatoms. The lowest BCUT2D eigenvalue weighted by Crippen LogP contribution is -2.46. The van der Waals surface area contributed by atoms with Crippen LogP contribution in [0.15, 0.2) is 24.3 Å². The fourth-order valence-electron chi connectivity index (χ4n) is 2.70. The minimum atomic E-state index is -0.768. The third kappa shape index (κ3) is 3.78. The maximum atomic E-state index is 12.6. The van der Waals surface area contributed by atoms with Gasteiger partial charge in [-0.05, 0) is 37.8 Å². The molecule has 2 rings (SSSR count). The molecule has 1 N–H and O–H groups in total. The number of likely N-dealkylation sites (tertiary alicyclic amines) is 1. The highest BCUT2D eigenvalue weighted by Crippen LogP contribution is 2.22. The summed E-state index contributed by atoms with van der Waals surface area (Å²) >= 11 is 0. The Morgan fingerprint density at radius 1 is 1.32 bits per heavy atom. The normalized spacial score (nSPS) is 17.1. The number of para-hydroxylation sites is 1. The molecular formula is C17H23NO4. The summed E-state index contributed by atoms with van der Waals surface area (Å²) in [6, 6.07) is 7.63. The number of rotatable bonds is 5. The van der Waals surface area contributed by atoms with Crippen LogP contribution in [0, 0.1) is 12.8 Å². The molecule has 1 fully saturated rings. The monoisotopic (exact) mass is 305 g/mol. The number of carbonyl (C=O) groups excluding carboxylic acids is 1. The van der Waals surface area contributed by atoms with Crippen molar-refractivity contribution < 1.29 is 19.4 Å². The minimum absolute atomic E-state index is 0.0467. The molecule has 1 aliphatic heterocycles. The van der Waals surface area contributed by atoms with Crippen molar-refractivity contribution in [3.05, 3.63) is 29.8 Å². The van der Waals surface area contributed by atoms with Crippen LogP contribution in [0.4, 0.5) is 0 Å². The molecule has 0 aliphatic carbocycles. The van der Waals surface area contributed by atoms with Crippen LogP contribution in [-0.4, -0.2) is 41.1 Å². The molecule has 1 amide bonds. The van der Waals surface area contributed by atoms with Gasteiger partial charge < -0.3 is 14.7 Å². The van der Waals surface area contributed by atoms with Gasteiger partial charge in [-0.2, -0.15) is 0 Å². The van der Waals surface area contributed by atoms with E-state index in [4.69, 9.17) is 9.84 Å². The first-order valence-electron chi connectivity index (χ1n) is 7.76. The minimum Gasteiger partial charge on any atom is -0.481 e.